The maximum absolute atomic E-state index is 12.7. The minimum Gasteiger partial charge on any atom is -0.343 e. The smallest absolute Gasteiger partial charge is 0.234 e. The lowest BCUT2D eigenvalue weighted by atomic mass is 10.0. The van der Waals surface area contributed by atoms with E-state index in [9.17, 15) is 13.2 Å². The van der Waals surface area contributed by atoms with Crippen molar-refractivity contribution in [1.82, 2.24) is 14.5 Å². The Bertz CT molecular complexity index is 872. The molecule has 6 nitrogen and oxygen atoms in total. The number of amides is 1. The van der Waals surface area contributed by atoms with E-state index in [0.29, 0.717) is 26.2 Å². The van der Waals surface area contributed by atoms with E-state index in [2.05, 4.69) is 17.4 Å². The Hall–Kier alpha value is -1.74. The molecule has 1 aromatic heterocycles. The van der Waals surface area contributed by atoms with Gasteiger partial charge < -0.3 is 5.32 Å². The van der Waals surface area contributed by atoms with Gasteiger partial charge in [0.15, 0.2) is 0 Å². The Morgan fingerprint density at radius 2 is 1.82 bits per heavy atom. The maximum atomic E-state index is 12.7. The third kappa shape index (κ3) is 5.20. The Labute approximate surface area is 171 Å². The van der Waals surface area contributed by atoms with Crippen molar-refractivity contribution in [2.45, 2.75) is 19.9 Å². The largest absolute Gasteiger partial charge is 0.343 e. The van der Waals surface area contributed by atoms with Gasteiger partial charge in [-0.25, -0.2) is 8.42 Å². The van der Waals surface area contributed by atoms with Crippen LogP contribution in [0.25, 0.3) is 0 Å². The van der Waals surface area contributed by atoms with Gasteiger partial charge in [-0.05, 0) is 30.9 Å². The van der Waals surface area contributed by atoms with Gasteiger partial charge in [0.2, 0.25) is 15.9 Å². The summed E-state index contributed by atoms with van der Waals surface area (Å²) in [6.45, 7) is 5.99. The Balaban J connectivity index is 1.61. The predicted octanol–water partition coefficient (Wildman–Crippen LogP) is 2.23. The summed E-state index contributed by atoms with van der Waals surface area (Å²) in [7, 11) is -3.15. The highest BCUT2D eigenvalue weighted by atomic mass is 32.2. The minimum absolute atomic E-state index is 0.0502. The topological polar surface area (TPSA) is 69.7 Å². The fraction of sp³-hybridized carbons (Fsp3) is 0.450. The van der Waals surface area contributed by atoms with Crippen LogP contribution in [0.2, 0.25) is 0 Å². The number of carbonyl (C=O) groups is 1. The molecule has 8 heteroatoms. The highest BCUT2D eigenvalue weighted by molar-refractivity contribution is 7.89. The van der Waals surface area contributed by atoms with Crippen LogP contribution in [0.3, 0.4) is 0 Å². The molecule has 1 atom stereocenters. The maximum Gasteiger partial charge on any atom is 0.234 e. The van der Waals surface area contributed by atoms with Crippen molar-refractivity contribution in [3.8, 4) is 0 Å². The van der Waals surface area contributed by atoms with Crippen LogP contribution in [0.15, 0.2) is 41.8 Å². The number of nitrogens with zero attached hydrogens (tertiary/aromatic N) is 2. The van der Waals surface area contributed by atoms with Gasteiger partial charge in [0, 0.05) is 31.1 Å². The Kier molecular flexibility index (Phi) is 6.87. The fourth-order valence-electron chi connectivity index (χ4n) is 3.29. The average molecular weight is 422 g/mol. The first kappa shape index (κ1) is 21.0. The van der Waals surface area contributed by atoms with E-state index in [1.54, 1.807) is 18.3 Å². The first-order valence-electron chi connectivity index (χ1n) is 9.48. The van der Waals surface area contributed by atoms with Crippen LogP contribution in [0.4, 0.5) is 0 Å². The number of nitrogens with one attached hydrogen (secondary N) is 1. The van der Waals surface area contributed by atoms with Gasteiger partial charge in [0.05, 0.1) is 18.3 Å². The van der Waals surface area contributed by atoms with Crippen molar-refractivity contribution in [3.63, 3.8) is 0 Å². The standard InChI is InChI=1S/C20H27N3O3S2/c1-3-28(25,26)23-12-10-22(11-13-23)15-19(24)21-20(18-5-4-14-27-18)17-8-6-16(2)7-9-17/h4-9,14,20H,3,10-13,15H2,1-2H3,(H,21,24). The predicted molar refractivity (Wildman–Crippen MR) is 113 cm³/mol. The summed E-state index contributed by atoms with van der Waals surface area (Å²) in [5.41, 5.74) is 2.24. The van der Waals surface area contributed by atoms with Gasteiger partial charge in [-0.2, -0.15) is 4.31 Å². The van der Waals surface area contributed by atoms with Gasteiger partial charge in [0.1, 0.15) is 0 Å². The van der Waals surface area contributed by atoms with Gasteiger partial charge in [0.25, 0.3) is 0 Å². The number of aryl methyl sites for hydroxylation is 1. The van der Waals surface area contributed by atoms with E-state index < -0.39 is 10.0 Å². The van der Waals surface area contributed by atoms with E-state index in [1.807, 2.05) is 41.5 Å². The summed E-state index contributed by atoms with van der Waals surface area (Å²) in [4.78, 5) is 15.8. The second kappa shape index (κ2) is 9.17. The van der Waals surface area contributed by atoms with Gasteiger partial charge in [-0.3, -0.25) is 9.69 Å². The Morgan fingerprint density at radius 1 is 1.14 bits per heavy atom. The SMILES string of the molecule is CCS(=O)(=O)N1CCN(CC(=O)NC(c2ccc(C)cc2)c2cccs2)CC1. The molecular formula is C20H27N3O3S2. The van der Waals surface area contributed by atoms with Crippen molar-refractivity contribution in [2.24, 2.45) is 0 Å². The second-order valence-corrected chi connectivity index (χ2v) is 10.2. The zero-order chi connectivity index (χ0) is 20.1. The molecular weight excluding hydrogens is 394 g/mol. The number of benzene rings is 1. The fourth-order valence-corrected chi connectivity index (χ4v) is 5.18. The molecule has 1 amide bonds. The van der Waals surface area contributed by atoms with Crippen LogP contribution < -0.4 is 5.32 Å². The van der Waals surface area contributed by atoms with E-state index in [1.165, 1.54) is 9.87 Å². The summed E-state index contributed by atoms with van der Waals surface area (Å²) in [5.74, 6) is 0.0674. The number of thiophene rings is 1. The van der Waals surface area contributed by atoms with Gasteiger partial charge >= 0.3 is 0 Å². The van der Waals surface area contributed by atoms with Crippen LogP contribution in [-0.4, -0.2) is 62.0 Å². The first-order chi connectivity index (χ1) is 13.4. The first-order valence-corrected chi connectivity index (χ1v) is 12.0. The number of hydrogen-bond acceptors (Lipinski definition) is 5. The zero-order valence-corrected chi connectivity index (χ0v) is 17.9. The minimum atomic E-state index is -3.15. The van der Waals surface area contributed by atoms with E-state index in [4.69, 9.17) is 0 Å². The molecule has 0 bridgehead atoms. The van der Waals surface area contributed by atoms with Crippen LogP contribution in [-0.2, 0) is 14.8 Å². The highest BCUT2D eigenvalue weighted by Crippen LogP contribution is 2.26. The lowest BCUT2D eigenvalue weighted by molar-refractivity contribution is -0.123. The molecule has 0 radical (unpaired) electrons. The zero-order valence-electron chi connectivity index (χ0n) is 16.3. The molecule has 3 rings (SSSR count). The number of carbonyl (C=O) groups excluding carboxylic acids is 1. The molecule has 2 aromatic rings. The normalized spacial score (nSPS) is 17.4. The van der Waals surface area contributed by atoms with E-state index >= 15 is 0 Å². The van der Waals surface area contributed by atoms with Gasteiger partial charge in [-0.1, -0.05) is 35.9 Å². The lowest BCUT2D eigenvalue weighted by Gasteiger charge is -2.33. The van der Waals surface area contributed by atoms with Crippen molar-refractivity contribution < 1.29 is 13.2 Å². The number of piperazine rings is 1. The van der Waals surface area contributed by atoms with Crippen molar-refractivity contribution in [2.75, 3.05) is 38.5 Å². The molecule has 1 N–H and O–H groups in total. The summed E-state index contributed by atoms with van der Waals surface area (Å²) < 4.78 is 25.5. The molecule has 0 aliphatic carbocycles. The molecule has 28 heavy (non-hydrogen) atoms. The van der Waals surface area contributed by atoms with Crippen LogP contribution in [0, 0.1) is 6.92 Å². The van der Waals surface area contributed by atoms with E-state index in [0.717, 1.165) is 10.4 Å². The molecule has 1 fully saturated rings. The lowest BCUT2D eigenvalue weighted by Crippen LogP contribution is -2.51. The molecule has 1 aromatic carbocycles. The second-order valence-electron chi connectivity index (χ2n) is 7.00. The average Bonchev–Trinajstić information content (AvgIpc) is 3.22. The molecule has 1 unspecified atom stereocenters. The van der Waals surface area contributed by atoms with Crippen molar-refractivity contribution in [3.05, 3.63) is 57.8 Å². The van der Waals surface area contributed by atoms with Crippen molar-refractivity contribution >= 4 is 27.3 Å². The monoisotopic (exact) mass is 421 g/mol. The van der Waals surface area contributed by atoms with Crippen LogP contribution >= 0.6 is 11.3 Å². The van der Waals surface area contributed by atoms with Crippen LogP contribution in [0.5, 0.6) is 0 Å². The number of hydrogen-bond donors (Lipinski definition) is 1. The summed E-state index contributed by atoms with van der Waals surface area (Å²) in [6, 6.07) is 12.0. The molecule has 2 heterocycles. The quantitative estimate of drug-likeness (QED) is 0.744. The molecule has 152 valence electrons. The highest BCUT2D eigenvalue weighted by Gasteiger charge is 2.27. The van der Waals surface area contributed by atoms with Crippen molar-refractivity contribution in [1.29, 1.82) is 0 Å². The molecule has 0 spiro atoms. The molecule has 1 saturated heterocycles. The number of sulfonamides is 1. The van der Waals surface area contributed by atoms with Crippen LogP contribution in [0.1, 0.15) is 29.0 Å². The summed E-state index contributed by atoms with van der Waals surface area (Å²) in [5, 5.41) is 5.16. The third-order valence-corrected chi connectivity index (χ3v) is 7.82. The van der Waals surface area contributed by atoms with E-state index in [-0.39, 0.29) is 24.2 Å². The van der Waals surface area contributed by atoms with Gasteiger partial charge in [-0.15, -0.1) is 11.3 Å². The number of rotatable bonds is 7. The Morgan fingerprint density at radius 3 is 2.39 bits per heavy atom. The summed E-state index contributed by atoms with van der Waals surface area (Å²) in [6.07, 6.45) is 0. The third-order valence-electron chi connectivity index (χ3n) is 5.00. The molecule has 1 aliphatic heterocycles. The summed E-state index contributed by atoms with van der Waals surface area (Å²) >= 11 is 1.62. The molecule has 1 aliphatic rings. The molecule has 0 saturated carbocycles.